The van der Waals surface area contributed by atoms with E-state index in [-0.39, 0.29) is 5.56 Å². The average Bonchev–Trinajstić information content (AvgIpc) is 3.30. The molecule has 4 aromatic rings. The molecule has 1 aliphatic heterocycles. The molecule has 130 valence electrons. The van der Waals surface area contributed by atoms with E-state index in [0.29, 0.717) is 12.4 Å². The van der Waals surface area contributed by atoms with Gasteiger partial charge >= 0.3 is 0 Å². The van der Waals surface area contributed by atoms with Crippen molar-refractivity contribution in [3.63, 3.8) is 0 Å². The van der Waals surface area contributed by atoms with E-state index in [4.69, 9.17) is 4.98 Å². The number of para-hydroxylation sites is 1. The lowest BCUT2D eigenvalue weighted by molar-refractivity contribution is 0.238. The Balaban J connectivity index is 1.42. The summed E-state index contributed by atoms with van der Waals surface area (Å²) in [7, 11) is 0. The highest BCUT2D eigenvalue weighted by atomic mass is 32.1. The summed E-state index contributed by atoms with van der Waals surface area (Å²) in [5, 5.41) is 3.23. The zero-order valence-corrected chi connectivity index (χ0v) is 15.0. The van der Waals surface area contributed by atoms with E-state index in [1.54, 1.807) is 11.3 Å². The van der Waals surface area contributed by atoms with Gasteiger partial charge in [0, 0.05) is 36.4 Å². The zero-order valence-electron chi connectivity index (χ0n) is 14.2. The summed E-state index contributed by atoms with van der Waals surface area (Å²) in [5.41, 5.74) is 4.09. The third-order valence-corrected chi connectivity index (χ3v) is 5.76. The van der Waals surface area contributed by atoms with Crippen molar-refractivity contribution in [2.75, 3.05) is 6.54 Å². The zero-order chi connectivity index (χ0) is 17.5. The molecule has 1 aliphatic rings. The molecule has 26 heavy (non-hydrogen) atoms. The van der Waals surface area contributed by atoms with Crippen LogP contribution in [0.5, 0.6) is 0 Å². The highest BCUT2D eigenvalue weighted by Crippen LogP contribution is 2.23. The largest absolute Gasteiger partial charge is 0.357 e. The number of nitrogens with zero attached hydrogens (tertiary/aromatic N) is 2. The molecule has 0 radical (unpaired) electrons. The Morgan fingerprint density at radius 2 is 2.08 bits per heavy atom. The lowest BCUT2D eigenvalue weighted by Gasteiger charge is -2.27. The SMILES string of the molecule is O=c1[nH]c(-c2cccs2)nc2c1CCN(Cc1cc3ccccc3[nH]1)C2. The van der Waals surface area contributed by atoms with Crippen molar-refractivity contribution < 1.29 is 0 Å². The molecule has 0 fully saturated rings. The van der Waals surface area contributed by atoms with Gasteiger partial charge in [0.15, 0.2) is 5.82 Å². The van der Waals surface area contributed by atoms with Crippen molar-refractivity contribution in [1.29, 1.82) is 0 Å². The maximum Gasteiger partial charge on any atom is 0.254 e. The third-order valence-electron chi connectivity index (χ3n) is 4.89. The minimum atomic E-state index is 0.00339. The molecule has 0 amide bonds. The van der Waals surface area contributed by atoms with E-state index in [0.717, 1.165) is 41.2 Å². The number of hydrogen-bond donors (Lipinski definition) is 2. The van der Waals surface area contributed by atoms with Crippen LogP contribution in [0.4, 0.5) is 0 Å². The first kappa shape index (κ1) is 15.5. The number of benzene rings is 1. The van der Waals surface area contributed by atoms with Crippen LogP contribution in [0.25, 0.3) is 21.6 Å². The smallest absolute Gasteiger partial charge is 0.254 e. The number of aromatic amines is 2. The van der Waals surface area contributed by atoms with Crippen LogP contribution in [0.2, 0.25) is 0 Å². The first-order chi connectivity index (χ1) is 12.8. The molecule has 0 unspecified atom stereocenters. The van der Waals surface area contributed by atoms with Gasteiger partial charge in [-0.15, -0.1) is 11.3 Å². The molecule has 0 spiro atoms. The Kier molecular flexibility index (Phi) is 3.72. The topological polar surface area (TPSA) is 64.8 Å². The number of fused-ring (bicyclic) bond motifs is 2. The monoisotopic (exact) mass is 362 g/mol. The maximum atomic E-state index is 12.4. The Bertz CT molecular complexity index is 1090. The number of hydrogen-bond acceptors (Lipinski definition) is 4. The number of rotatable bonds is 3. The summed E-state index contributed by atoms with van der Waals surface area (Å²) in [4.78, 5) is 27.0. The van der Waals surface area contributed by atoms with Crippen molar-refractivity contribution >= 4 is 22.2 Å². The predicted octanol–water partition coefficient (Wildman–Crippen LogP) is 3.54. The molecule has 1 aromatic carbocycles. The van der Waals surface area contributed by atoms with Crippen molar-refractivity contribution in [3.8, 4) is 10.7 Å². The summed E-state index contributed by atoms with van der Waals surface area (Å²) in [6.45, 7) is 2.40. The van der Waals surface area contributed by atoms with Gasteiger partial charge < -0.3 is 9.97 Å². The highest BCUT2D eigenvalue weighted by Gasteiger charge is 2.22. The van der Waals surface area contributed by atoms with E-state index in [9.17, 15) is 4.79 Å². The molecule has 0 aliphatic carbocycles. The summed E-state index contributed by atoms with van der Waals surface area (Å²) in [6, 6.07) is 14.5. The number of thiophene rings is 1. The fourth-order valence-corrected chi connectivity index (χ4v) is 4.29. The van der Waals surface area contributed by atoms with Gasteiger partial charge in [0.25, 0.3) is 5.56 Å². The first-order valence-corrected chi connectivity index (χ1v) is 9.59. The Hall–Kier alpha value is -2.70. The van der Waals surface area contributed by atoms with Gasteiger partial charge in [-0.1, -0.05) is 24.3 Å². The average molecular weight is 362 g/mol. The molecule has 6 heteroatoms. The standard InChI is InChI=1S/C20H18N4OS/c25-20-15-7-8-24(11-14-10-13-4-1-2-5-16(13)21-14)12-17(15)22-19(23-20)18-6-3-9-26-18/h1-6,9-10,21H,7-8,11-12H2,(H,22,23,25). The second-order valence-electron chi connectivity index (χ2n) is 6.66. The highest BCUT2D eigenvalue weighted by molar-refractivity contribution is 7.13. The Morgan fingerprint density at radius 1 is 1.15 bits per heavy atom. The van der Waals surface area contributed by atoms with Crippen LogP contribution < -0.4 is 5.56 Å². The van der Waals surface area contributed by atoms with Gasteiger partial charge in [-0.3, -0.25) is 9.69 Å². The van der Waals surface area contributed by atoms with Gasteiger partial charge in [-0.05, 0) is 35.4 Å². The van der Waals surface area contributed by atoms with Crippen LogP contribution in [0.15, 0.2) is 52.6 Å². The van der Waals surface area contributed by atoms with E-state index in [2.05, 4.69) is 39.1 Å². The van der Waals surface area contributed by atoms with Gasteiger partial charge in [0.1, 0.15) is 0 Å². The predicted molar refractivity (Wildman–Crippen MR) is 104 cm³/mol. The molecule has 0 saturated heterocycles. The molecule has 4 heterocycles. The second-order valence-corrected chi connectivity index (χ2v) is 7.61. The first-order valence-electron chi connectivity index (χ1n) is 8.71. The van der Waals surface area contributed by atoms with Crippen LogP contribution in [-0.2, 0) is 19.5 Å². The van der Waals surface area contributed by atoms with Crippen LogP contribution >= 0.6 is 11.3 Å². The van der Waals surface area contributed by atoms with Crippen molar-refractivity contribution in [2.24, 2.45) is 0 Å². The summed E-state index contributed by atoms with van der Waals surface area (Å²) in [5.74, 6) is 0.677. The van der Waals surface area contributed by atoms with E-state index < -0.39 is 0 Å². The number of H-pyrrole nitrogens is 2. The van der Waals surface area contributed by atoms with Gasteiger partial charge in [-0.25, -0.2) is 4.98 Å². The third kappa shape index (κ3) is 2.77. The molecular formula is C20H18N4OS. The van der Waals surface area contributed by atoms with E-state index in [1.807, 2.05) is 23.6 Å². The summed E-state index contributed by atoms with van der Waals surface area (Å²) < 4.78 is 0. The van der Waals surface area contributed by atoms with E-state index in [1.165, 1.54) is 11.1 Å². The quantitative estimate of drug-likeness (QED) is 0.586. The van der Waals surface area contributed by atoms with Gasteiger partial charge in [0.05, 0.1) is 10.6 Å². The van der Waals surface area contributed by atoms with E-state index >= 15 is 0 Å². The molecule has 0 bridgehead atoms. The molecule has 3 aromatic heterocycles. The number of aromatic nitrogens is 3. The normalized spacial score (nSPS) is 14.6. The Labute approximate surface area is 154 Å². The van der Waals surface area contributed by atoms with Crippen molar-refractivity contribution in [1.82, 2.24) is 19.9 Å². The maximum absolute atomic E-state index is 12.4. The lowest BCUT2D eigenvalue weighted by Crippen LogP contribution is -2.35. The summed E-state index contributed by atoms with van der Waals surface area (Å²) in [6.07, 6.45) is 0.739. The molecule has 0 atom stereocenters. The molecular weight excluding hydrogens is 344 g/mol. The molecule has 0 saturated carbocycles. The summed E-state index contributed by atoms with van der Waals surface area (Å²) >= 11 is 1.59. The van der Waals surface area contributed by atoms with Gasteiger partial charge in [0.2, 0.25) is 0 Å². The Morgan fingerprint density at radius 3 is 2.92 bits per heavy atom. The van der Waals surface area contributed by atoms with Crippen LogP contribution in [0, 0.1) is 0 Å². The fourth-order valence-electron chi connectivity index (χ4n) is 3.62. The van der Waals surface area contributed by atoms with Gasteiger partial charge in [-0.2, -0.15) is 0 Å². The molecule has 5 nitrogen and oxygen atoms in total. The molecule has 5 rings (SSSR count). The fraction of sp³-hybridized carbons (Fsp3) is 0.200. The van der Waals surface area contributed by atoms with Crippen molar-refractivity contribution in [2.45, 2.75) is 19.5 Å². The lowest BCUT2D eigenvalue weighted by atomic mass is 10.1. The van der Waals surface area contributed by atoms with Crippen LogP contribution in [-0.4, -0.2) is 26.4 Å². The van der Waals surface area contributed by atoms with Crippen molar-refractivity contribution in [3.05, 3.63) is 75.1 Å². The minimum absolute atomic E-state index is 0.00339. The number of nitrogens with one attached hydrogen (secondary N) is 2. The second kappa shape index (κ2) is 6.23. The minimum Gasteiger partial charge on any atom is -0.357 e. The molecule has 2 N–H and O–H groups in total. The van der Waals surface area contributed by atoms with Crippen LogP contribution in [0.3, 0.4) is 0 Å². The van der Waals surface area contributed by atoms with Crippen LogP contribution in [0.1, 0.15) is 17.0 Å².